The van der Waals surface area contributed by atoms with Gasteiger partial charge in [0.1, 0.15) is 0 Å². The van der Waals surface area contributed by atoms with Crippen molar-refractivity contribution < 1.29 is 4.74 Å². The summed E-state index contributed by atoms with van der Waals surface area (Å²) in [5, 5.41) is 3.43. The zero-order valence-electron chi connectivity index (χ0n) is 9.03. The molecule has 0 radical (unpaired) electrons. The van der Waals surface area contributed by atoms with Crippen molar-refractivity contribution in [2.24, 2.45) is 0 Å². The fourth-order valence-corrected chi connectivity index (χ4v) is 1.45. The van der Waals surface area contributed by atoms with Crippen LogP contribution in [0.15, 0.2) is 24.5 Å². The van der Waals surface area contributed by atoms with Crippen molar-refractivity contribution in [3.63, 3.8) is 0 Å². The molecule has 2 atom stereocenters. The van der Waals surface area contributed by atoms with Crippen LogP contribution >= 0.6 is 0 Å². The SMILES string of the molecule is COC[C@H](C)N[C@@H](C)c1cccnc1. The minimum atomic E-state index is 0.314. The molecular formula is C11H18N2O. The van der Waals surface area contributed by atoms with E-state index < -0.39 is 0 Å². The van der Waals surface area contributed by atoms with Crippen LogP contribution in [0.2, 0.25) is 0 Å². The maximum Gasteiger partial charge on any atom is 0.0613 e. The average Bonchev–Trinajstić information content (AvgIpc) is 2.19. The maximum absolute atomic E-state index is 5.06. The molecule has 78 valence electrons. The van der Waals surface area contributed by atoms with Crippen molar-refractivity contribution in [3.8, 4) is 0 Å². The van der Waals surface area contributed by atoms with Crippen LogP contribution in [-0.2, 0) is 4.74 Å². The molecule has 0 bridgehead atoms. The Balaban J connectivity index is 2.46. The molecule has 0 saturated heterocycles. The summed E-state index contributed by atoms with van der Waals surface area (Å²) in [5.74, 6) is 0. The smallest absolute Gasteiger partial charge is 0.0613 e. The Morgan fingerprint density at radius 1 is 1.50 bits per heavy atom. The average molecular weight is 194 g/mol. The third-order valence-corrected chi connectivity index (χ3v) is 2.14. The van der Waals surface area contributed by atoms with Gasteiger partial charge < -0.3 is 10.1 Å². The molecule has 0 unspecified atom stereocenters. The molecule has 0 fully saturated rings. The molecule has 0 aliphatic carbocycles. The number of pyridine rings is 1. The first-order valence-corrected chi connectivity index (χ1v) is 4.89. The molecule has 0 aliphatic heterocycles. The van der Waals surface area contributed by atoms with Crippen molar-refractivity contribution >= 4 is 0 Å². The second-order valence-electron chi connectivity index (χ2n) is 3.53. The normalized spacial score (nSPS) is 15.1. The van der Waals surface area contributed by atoms with Gasteiger partial charge in [-0.2, -0.15) is 0 Å². The Labute approximate surface area is 85.5 Å². The van der Waals surface area contributed by atoms with Gasteiger partial charge in [-0.3, -0.25) is 4.98 Å². The van der Waals surface area contributed by atoms with Crippen LogP contribution in [0.4, 0.5) is 0 Å². The topological polar surface area (TPSA) is 34.1 Å². The number of nitrogens with zero attached hydrogens (tertiary/aromatic N) is 1. The molecule has 0 aliphatic rings. The van der Waals surface area contributed by atoms with Crippen LogP contribution in [-0.4, -0.2) is 24.7 Å². The van der Waals surface area contributed by atoms with Crippen LogP contribution in [0.25, 0.3) is 0 Å². The first-order valence-electron chi connectivity index (χ1n) is 4.89. The summed E-state index contributed by atoms with van der Waals surface area (Å²) >= 11 is 0. The number of nitrogens with one attached hydrogen (secondary N) is 1. The van der Waals surface area contributed by atoms with Crippen LogP contribution in [0.1, 0.15) is 25.5 Å². The molecule has 1 heterocycles. The lowest BCUT2D eigenvalue weighted by atomic mass is 10.1. The molecule has 0 spiro atoms. The molecule has 0 amide bonds. The minimum Gasteiger partial charge on any atom is -0.383 e. The van der Waals surface area contributed by atoms with Gasteiger partial charge in [0.25, 0.3) is 0 Å². The van der Waals surface area contributed by atoms with Crippen molar-refractivity contribution in [2.75, 3.05) is 13.7 Å². The molecule has 3 heteroatoms. The number of aromatic nitrogens is 1. The maximum atomic E-state index is 5.06. The largest absolute Gasteiger partial charge is 0.383 e. The van der Waals surface area contributed by atoms with E-state index in [1.807, 2.05) is 12.3 Å². The molecule has 1 rings (SSSR count). The Bertz CT molecular complexity index is 251. The highest BCUT2D eigenvalue weighted by Gasteiger charge is 2.08. The summed E-state index contributed by atoms with van der Waals surface area (Å²) < 4.78 is 5.06. The van der Waals surface area contributed by atoms with Crippen LogP contribution in [0.5, 0.6) is 0 Å². The van der Waals surface area contributed by atoms with Gasteiger partial charge in [0.05, 0.1) is 6.61 Å². The third-order valence-electron chi connectivity index (χ3n) is 2.14. The number of hydrogen-bond donors (Lipinski definition) is 1. The first-order chi connectivity index (χ1) is 6.74. The van der Waals surface area contributed by atoms with E-state index in [9.17, 15) is 0 Å². The molecule has 1 N–H and O–H groups in total. The molecule has 3 nitrogen and oxygen atoms in total. The van der Waals surface area contributed by atoms with E-state index in [0.29, 0.717) is 12.1 Å². The zero-order chi connectivity index (χ0) is 10.4. The second-order valence-corrected chi connectivity index (χ2v) is 3.53. The van der Waals surface area contributed by atoms with Gasteiger partial charge >= 0.3 is 0 Å². The van der Waals surface area contributed by atoms with E-state index >= 15 is 0 Å². The summed E-state index contributed by atoms with van der Waals surface area (Å²) in [7, 11) is 1.72. The van der Waals surface area contributed by atoms with Crippen LogP contribution in [0, 0.1) is 0 Å². The lowest BCUT2D eigenvalue weighted by Crippen LogP contribution is -2.32. The van der Waals surface area contributed by atoms with E-state index in [1.165, 1.54) is 5.56 Å². The summed E-state index contributed by atoms with van der Waals surface area (Å²) in [6.45, 7) is 4.96. The van der Waals surface area contributed by atoms with E-state index in [2.05, 4.69) is 30.2 Å². The number of hydrogen-bond acceptors (Lipinski definition) is 3. The van der Waals surface area contributed by atoms with E-state index in [-0.39, 0.29) is 0 Å². The van der Waals surface area contributed by atoms with Crippen molar-refractivity contribution in [1.29, 1.82) is 0 Å². The van der Waals surface area contributed by atoms with Gasteiger partial charge in [-0.05, 0) is 25.5 Å². The Morgan fingerprint density at radius 3 is 2.86 bits per heavy atom. The van der Waals surface area contributed by atoms with Crippen molar-refractivity contribution in [2.45, 2.75) is 25.9 Å². The lowest BCUT2D eigenvalue weighted by Gasteiger charge is -2.19. The van der Waals surface area contributed by atoms with Gasteiger partial charge in [0.15, 0.2) is 0 Å². The van der Waals surface area contributed by atoms with E-state index in [4.69, 9.17) is 4.74 Å². The van der Waals surface area contributed by atoms with Gasteiger partial charge in [-0.15, -0.1) is 0 Å². The molecule has 0 saturated carbocycles. The highest BCUT2D eigenvalue weighted by atomic mass is 16.5. The molecule has 14 heavy (non-hydrogen) atoms. The highest BCUT2D eigenvalue weighted by Crippen LogP contribution is 2.10. The Morgan fingerprint density at radius 2 is 2.29 bits per heavy atom. The lowest BCUT2D eigenvalue weighted by molar-refractivity contribution is 0.167. The molecule has 1 aromatic rings. The van der Waals surface area contributed by atoms with Gasteiger partial charge in [-0.25, -0.2) is 0 Å². The second kappa shape index (κ2) is 5.73. The number of methoxy groups -OCH3 is 1. The Hall–Kier alpha value is -0.930. The van der Waals surface area contributed by atoms with E-state index in [0.717, 1.165) is 6.61 Å². The quantitative estimate of drug-likeness (QED) is 0.775. The summed E-state index contributed by atoms with van der Waals surface area (Å²) in [5.41, 5.74) is 1.20. The Kier molecular flexibility index (Phi) is 4.56. The fraction of sp³-hybridized carbons (Fsp3) is 0.545. The van der Waals surface area contributed by atoms with Crippen LogP contribution in [0.3, 0.4) is 0 Å². The summed E-state index contributed by atoms with van der Waals surface area (Å²) in [6, 6.07) is 4.70. The standard InChI is InChI=1S/C11H18N2O/c1-9(8-14-3)13-10(2)11-5-4-6-12-7-11/h4-7,9-10,13H,8H2,1-3H3/t9-,10-/m0/s1. The summed E-state index contributed by atoms with van der Waals surface area (Å²) in [4.78, 5) is 4.09. The van der Waals surface area contributed by atoms with Gasteiger partial charge in [-0.1, -0.05) is 6.07 Å². The third kappa shape index (κ3) is 3.44. The van der Waals surface area contributed by atoms with Gasteiger partial charge in [0.2, 0.25) is 0 Å². The van der Waals surface area contributed by atoms with Gasteiger partial charge in [0, 0.05) is 31.6 Å². The number of rotatable bonds is 5. The molecule has 1 aromatic heterocycles. The fourth-order valence-electron chi connectivity index (χ4n) is 1.45. The highest BCUT2D eigenvalue weighted by molar-refractivity contribution is 5.12. The van der Waals surface area contributed by atoms with Crippen LogP contribution < -0.4 is 5.32 Å². The minimum absolute atomic E-state index is 0.314. The zero-order valence-corrected chi connectivity index (χ0v) is 9.03. The first kappa shape index (κ1) is 11.1. The van der Waals surface area contributed by atoms with E-state index in [1.54, 1.807) is 13.3 Å². The van der Waals surface area contributed by atoms with Crippen molar-refractivity contribution in [1.82, 2.24) is 10.3 Å². The monoisotopic (exact) mass is 194 g/mol. The predicted molar refractivity (Wildman–Crippen MR) is 57.1 cm³/mol. The summed E-state index contributed by atoms with van der Waals surface area (Å²) in [6.07, 6.45) is 3.67. The molecule has 0 aromatic carbocycles. The van der Waals surface area contributed by atoms with Crippen molar-refractivity contribution in [3.05, 3.63) is 30.1 Å². The predicted octanol–water partition coefficient (Wildman–Crippen LogP) is 1.77. The molecular weight excluding hydrogens is 176 g/mol. The number of ether oxygens (including phenoxy) is 1.